The molecule has 1 unspecified atom stereocenters. The summed E-state index contributed by atoms with van der Waals surface area (Å²) in [5.41, 5.74) is 1.95. The van der Waals surface area contributed by atoms with Crippen molar-refractivity contribution in [1.82, 2.24) is 4.57 Å². The summed E-state index contributed by atoms with van der Waals surface area (Å²) in [6, 6.07) is 5.83. The van der Waals surface area contributed by atoms with E-state index in [1.54, 1.807) is 14.0 Å². The fourth-order valence-electron chi connectivity index (χ4n) is 2.19. The zero-order valence-corrected chi connectivity index (χ0v) is 10.8. The largest absolute Gasteiger partial charge is 0.497 e. The van der Waals surface area contributed by atoms with E-state index in [9.17, 15) is 5.11 Å². The Bertz CT molecular complexity index is 531. The van der Waals surface area contributed by atoms with E-state index in [2.05, 4.69) is 4.57 Å². The lowest BCUT2D eigenvalue weighted by Crippen LogP contribution is -1.98. The Morgan fingerprint density at radius 3 is 2.78 bits per heavy atom. The average molecular weight is 249 g/mol. The summed E-state index contributed by atoms with van der Waals surface area (Å²) in [6.07, 6.45) is 2.13. The summed E-state index contributed by atoms with van der Waals surface area (Å²) < 4.78 is 7.28. The molecule has 1 heterocycles. The van der Waals surface area contributed by atoms with Crippen molar-refractivity contribution >= 4 is 10.9 Å². The van der Waals surface area contributed by atoms with E-state index in [4.69, 9.17) is 9.84 Å². The first-order chi connectivity index (χ1) is 8.67. The molecule has 18 heavy (non-hydrogen) atoms. The van der Waals surface area contributed by atoms with Crippen molar-refractivity contribution in [2.24, 2.45) is 0 Å². The Labute approximate surface area is 106 Å². The van der Waals surface area contributed by atoms with Crippen LogP contribution >= 0.6 is 0 Å². The van der Waals surface area contributed by atoms with Crippen molar-refractivity contribution < 1.29 is 14.9 Å². The van der Waals surface area contributed by atoms with Crippen LogP contribution in [0.25, 0.3) is 10.9 Å². The Hall–Kier alpha value is -1.52. The minimum absolute atomic E-state index is 0.167. The van der Waals surface area contributed by atoms with Gasteiger partial charge in [0.25, 0.3) is 0 Å². The zero-order valence-electron chi connectivity index (χ0n) is 10.8. The second kappa shape index (κ2) is 5.42. The molecule has 1 aromatic carbocycles. The van der Waals surface area contributed by atoms with E-state index in [-0.39, 0.29) is 6.61 Å². The quantitative estimate of drug-likeness (QED) is 0.853. The molecule has 0 saturated heterocycles. The van der Waals surface area contributed by atoms with Crippen LogP contribution in [-0.4, -0.2) is 28.5 Å². The molecule has 98 valence electrons. The van der Waals surface area contributed by atoms with E-state index in [0.717, 1.165) is 28.8 Å². The van der Waals surface area contributed by atoms with Gasteiger partial charge in [-0.25, -0.2) is 0 Å². The predicted molar refractivity (Wildman–Crippen MR) is 70.8 cm³/mol. The number of aliphatic hydroxyl groups excluding tert-OH is 2. The fraction of sp³-hybridized carbons (Fsp3) is 0.429. The number of aliphatic hydroxyl groups is 2. The van der Waals surface area contributed by atoms with E-state index in [1.807, 2.05) is 24.4 Å². The van der Waals surface area contributed by atoms with Gasteiger partial charge in [-0.15, -0.1) is 0 Å². The van der Waals surface area contributed by atoms with Gasteiger partial charge in [-0.05, 0) is 31.5 Å². The Kier molecular flexibility index (Phi) is 3.89. The first-order valence-corrected chi connectivity index (χ1v) is 6.13. The number of benzene rings is 1. The third-order valence-electron chi connectivity index (χ3n) is 3.13. The highest BCUT2D eigenvalue weighted by Gasteiger charge is 2.12. The molecule has 4 heteroatoms. The number of hydrogen-bond acceptors (Lipinski definition) is 3. The molecular weight excluding hydrogens is 230 g/mol. The molecule has 0 amide bonds. The number of rotatable bonds is 5. The summed E-state index contributed by atoms with van der Waals surface area (Å²) in [4.78, 5) is 0. The van der Waals surface area contributed by atoms with Crippen molar-refractivity contribution in [1.29, 1.82) is 0 Å². The van der Waals surface area contributed by atoms with Crippen molar-refractivity contribution in [3.8, 4) is 5.75 Å². The molecule has 0 aliphatic rings. The Morgan fingerprint density at radius 2 is 2.17 bits per heavy atom. The van der Waals surface area contributed by atoms with Gasteiger partial charge in [0.1, 0.15) is 5.75 Å². The van der Waals surface area contributed by atoms with Crippen molar-refractivity contribution in [2.45, 2.75) is 26.0 Å². The lowest BCUT2D eigenvalue weighted by Gasteiger charge is -2.05. The van der Waals surface area contributed by atoms with Gasteiger partial charge in [0.05, 0.1) is 13.2 Å². The minimum Gasteiger partial charge on any atom is -0.497 e. The maximum Gasteiger partial charge on any atom is 0.119 e. The summed E-state index contributed by atoms with van der Waals surface area (Å²) in [7, 11) is 1.63. The molecule has 0 aliphatic heterocycles. The summed E-state index contributed by atoms with van der Waals surface area (Å²) in [6.45, 7) is 2.66. The number of hydrogen-bond donors (Lipinski definition) is 2. The van der Waals surface area contributed by atoms with Gasteiger partial charge in [-0.2, -0.15) is 0 Å². The minimum atomic E-state index is -0.519. The van der Waals surface area contributed by atoms with Crippen LogP contribution in [-0.2, 0) is 6.54 Å². The monoisotopic (exact) mass is 249 g/mol. The van der Waals surface area contributed by atoms with Gasteiger partial charge in [-0.1, -0.05) is 0 Å². The molecule has 0 fully saturated rings. The molecule has 1 atom stereocenters. The molecule has 0 aliphatic carbocycles. The van der Waals surface area contributed by atoms with Crippen LogP contribution in [0.15, 0.2) is 24.4 Å². The van der Waals surface area contributed by atoms with Crippen molar-refractivity contribution in [2.75, 3.05) is 13.7 Å². The molecule has 4 nitrogen and oxygen atoms in total. The lowest BCUT2D eigenvalue weighted by molar-refractivity contribution is 0.200. The van der Waals surface area contributed by atoms with Gasteiger partial charge >= 0.3 is 0 Å². The molecular formula is C14H19NO3. The topological polar surface area (TPSA) is 54.6 Å². The maximum atomic E-state index is 9.82. The van der Waals surface area contributed by atoms with Crippen LogP contribution < -0.4 is 4.74 Å². The van der Waals surface area contributed by atoms with Crippen LogP contribution in [0.3, 0.4) is 0 Å². The van der Waals surface area contributed by atoms with Gasteiger partial charge in [0.2, 0.25) is 0 Å². The zero-order chi connectivity index (χ0) is 13.1. The van der Waals surface area contributed by atoms with Crippen molar-refractivity contribution in [3.63, 3.8) is 0 Å². The van der Waals surface area contributed by atoms with Crippen LogP contribution in [0.4, 0.5) is 0 Å². The first kappa shape index (κ1) is 12.9. The fourth-order valence-corrected chi connectivity index (χ4v) is 2.19. The molecule has 0 bridgehead atoms. The normalized spacial score (nSPS) is 12.9. The van der Waals surface area contributed by atoms with E-state index in [0.29, 0.717) is 6.42 Å². The Balaban J connectivity index is 2.53. The number of methoxy groups -OCH3 is 1. The molecule has 2 N–H and O–H groups in total. The number of fused-ring (bicyclic) bond motifs is 1. The number of nitrogens with zero attached hydrogens (tertiary/aromatic N) is 1. The molecule has 0 saturated carbocycles. The molecule has 2 rings (SSSR count). The van der Waals surface area contributed by atoms with Gasteiger partial charge in [-0.3, -0.25) is 0 Å². The van der Waals surface area contributed by atoms with Crippen molar-refractivity contribution in [3.05, 3.63) is 30.0 Å². The summed E-state index contributed by atoms with van der Waals surface area (Å²) >= 11 is 0. The third-order valence-corrected chi connectivity index (χ3v) is 3.13. The smallest absolute Gasteiger partial charge is 0.119 e. The van der Waals surface area contributed by atoms with Crippen LogP contribution in [0, 0.1) is 0 Å². The molecule has 1 aromatic heterocycles. The highest BCUT2D eigenvalue weighted by molar-refractivity contribution is 5.85. The van der Waals surface area contributed by atoms with Crippen LogP contribution in [0.5, 0.6) is 5.75 Å². The Morgan fingerprint density at radius 1 is 1.39 bits per heavy atom. The summed E-state index contributed by atoms with van der Waals surface area (Å²) in [5, 5.41) is 19.7. The number of ether oxygens (including phenoxy) is 1. The predicted octanol–water partition coefficient (Wildman–Crippen LogP) is 2.09. The highest BCUT2D eigenvalue weighted by Crippen LogP contribution is 2.29. The average Bonchev–Trinajstić information content (AvgIpc) is 2.74. The molecule has 0 radical (unpaired) electrons. The maximum absolute atomic E-state index is 9.82. The van der Waals surface area contributed by atoms with E-state index >= 15 is 0 Å². The molecule has 0 spiro atoms. The SMILES string of the molecule is COc1ccc2c(c1)c(C(C)O)cn2CCCO. The number of aromatic nitrogens is 1. The summed E-state index contributed by atoms with van der Waals surface area (Å²) in [5.74, 6) is 0.782. The third kappa shape index (κ3) is 2.35. The first-order valence-electron chi connectivity index (χ1n) is 6.13. The number of aryl methyl sites for hydroxylation is 1. The van der Waals surface area contributed by atoms with Crippen LogP contribution in [0.1, 0.15) is 25.0 Å². The van der Waals surface area contributed by atoms with Gasteiger partial charge < -0.3 is 19.5 Å². The molecule has 2 aromatic rings. The van der Waals surface area contributed by atoms with Crippen LogP contribution in [0.2, 0.25) is 0 Å². The lowest BCUT2D eigenvalue weighted by atomic mass is 10.1. The highest BCUT2D eigenvalue weighted by atomic mass is 16.5. The standard InChI is InChI=1S/C14H19NO3/c1-10(17)13-9-15(6-3-7-16)14-5-4-11(18-2)8-12(13)14/h4-5,8-10,16-17H,3,6-7H2,1-2H3. The van der Waals surface area contributed by atoms with E-state index < -0.39 is 6.10 Å². The van der Waals surface area contributed by atoms with E-state index in [1.165, 1.54) is 0 Å². The van der Waals surface area contributed by atoms with Gasteiger partial charge in [0.15, 0.2) is 0 Å². The second-order valence-electron chi connectivity index (χ2n) is 4.41. The second-order valence-corrected chi connectivity index (χ2v) is 4.41. The van der Waals surface area contributed by atoms with Gasteiger partial charge in [0, 0.05) is 35.8 Å².